The number of hydrogen-bond donors (Lipinski definition) is 1. The SMILES string of the molecule is CCCOCC(=O)NC1CCC(CCN2CCN(c3cc(C(F)(F)F)ccc3F)CC2)CC1.Cl. The van der Waals surface area contributed by atoms with Crippen molar-refractivity contribution in [3.63, 3.8) is 0 Å². The largest absolute Gasteiger partial charge is 0.416 e. The van der Waals surface area contributed by atoms with Gasteiger partial charge in [-0.15, -0.1) is 12.4 Å². The molecule has 0 aromatic heterocycles. The number of alkyl halides is 3. The molecule has 0 bridgehead atoms. The molecule has 1 aromatic carbocycles. The predicted octanol–water partition coefficient (Wildman–Crippen LogP) is 4.88. The number of amides is 1. The number of carbonyl (C=O) groups is 1. The molecule has 0 radical (unpaired) electrons. The van der Waals surface area contributed by atoms with Gasteiger partial charge in [0, 0.05) is 38.8 Å². The molecule has 1 N–H and O–H groups in total. The lowest BCUT2D eigenvalue weighted by molar-refractivity contribution is -0.137. The molecule has 1 amide bonds. The summed E-state index contributed by atoms with van der Waals surface area (Å²) in [5, 5.41) is 3.06. The Kier molecular flexibility index (Phi) is 11.4. The van der Waals surface area contributed by atoms with Gasteiger partial charge in [-0.3, -0.25) is 9.69 Å². The van der Waals surface area contributed by atoms with Gasteiger partial charge in [0.05, 0.1) is 11.3 Å². The topological polar surface area (TPSA) is 44.8 Å². The number of piperazine rings is 1. The van der Waals surface area contributed by atoms with Crippen LogP contribution >= 0.6 is 12.4 Å². The van der Waals surface area contributed by atoms with Crippen LogP contribution in [0.4, 0.5) is 23.2 Å². The number of anilines is 1. The zero-order valence-corrected chi connectivity index (χ0v) is 20.5. The highest BCUT2D eigenvalue weighted by atomic mass is 35.5. The summed E-state index contributed by atoms with van der Waals surface area (Å²) in [7, 11) is 0. The summed E-state index contributed by atoms with van der Waals surface area (Å²) in [4.78, 5) is 15.9. The first kappa shape index (κ1) is 28.7. The molecule has 1 saturated heterocycles. The summed E-state index contributed by atoms with van der Waals surface area (Å²) in [6, 6.07) is 2.83. The van der Waals surface area contributed by atoms with Crippen molar-refractivity contribution in [1.29, 1.82) is 0 Å². The molecule has 194 valence electrons. The fraction of sp³-hybridized carbons (Fsp3) is 0.708. The quantitative estimate of drug-likeness (QED) is 0.381. The summed E-state index contributed by atoms with van der Waals surface area (Å²) in [5.41, 5.74) is -0.786. The van der Waals surface area contributed by atoms with Crippen LogP contribution in [-0.2, 0) is 15.7 Å². The predicted molar refractivity (Wildman–Crippen MR) is 127 cm³/mol. The smallest absolute Gasteiger partial charge is 0.372 e. The summed E-state index contributed by atoms with van der Waals surface area (Å²) in [6.45, 7) is 6.11. The van der Waals surface area contributed by atoms with Gasteiger partial charge in [0.25, 0.3) is 0 Å². The van der Waals surface area contributed by atoms with Gasteiger partial charge in [-0.25, -0.2) is 4.39 Å². The molecule has 0 atom stereocenters. The number of hydrogen-bond acceptors (Lipinski definition) is 4. The second-order valence-corrected chi connectivity index (χ2v) is 9.12. The highest BCUT2D eigenvalue weighted by Gasteiger charge is 2.32. The Balaban J connectivity index is 0.00000408. The van der Waals surface area contributed by atoms with Crippen molar-refractivity contribution in [3.05, 3.63) is 29.6 Å². The minimum Gasteiger partial charge on any atom is -0.372 e. The molecular formula is C24H36ClF4N3O2. The minimum absolute atomic E-state index is 0. The molecule has 1 heterocycles. The standard InChI is InChI=1S/C24H35F4N3O2.ClH/c1-2-15-33-17-23(32)29-20-6-3-18(4-7-20)9-10-30-11-13-31(14-12-30)22-16-19(24(26,27)28)5-8-21(22)25;/h5,8,16,18,20H,2-4,6-7,9-15,17H2,1H3,(H,29,32);1H. The number of ether oxygens (including phenoxy) is 1. The van der Waals surface area contributed by atoms with Crippen molar-refractivity contribution in [1.82, 2.24) is 10.2 Å². The molecule has 1 saturated carbocycles. The van der Waals surface area contributed by atoms with E-state index in [1.54, 1.807) is 4.90 Å². The first-order valence-electron chi connectivity index (χ1n) is 12.0. The maximum absolute atomic E-state index is 14.2. The number of nitrogens with zero attached hydrogens (tertiary/aromatic N) is 2. The molecule has 34 heavy (non-hydrogen) atoms. The number of carbonyl (C=O) groups excluding carboxylic acids is 1. The van der Waals surface area contributed by atoms with Gasteiger partial charge in [-0.1, -0.05) is 6.92 Å². The molecule has 1 aromatic rings. The first-order valence-corrected chi connectivity index (χ1v) is 12.0. The van der Waals surface area contributed by atoms with Crippen LogP contribution in [0.15, 0.2) is 18.2 Å². The Labute approximate surface area is 205 Å². The van der Waals surface area contributed by atoms with E-state index in [4.69, 9.17) is 4.74 Å². The van der Waals surface area contributed by atoms with Gasteiger partial charge in [0.1, 0.15) is 12.4 Å². The van der Waals surface area contributed by atoms with Crippen molar-refractivity contribution in [2.75, 3.05) is 50.8 Å². The number of halogens is 5. The Morgan fingerprint density at radius 2 is 1.79 bits per heavy atom. The number of benzene rings is 1. The third-order valence-electron chi connectivity index (χ3n) is 6.63. The third-order valence-corrected chi connectivity index (χ3v) is 6.63. The highest BCUT2D eigenvalue weighted by molar-refractivity contribution is 5.85. The van der Waals surface area contributed by atoms with E-state index in [-0.39, 0.29) is 36.7 Å². The van der Waals surface area contributed by atoms with Crippen molar-refractivity contribution in [2.24, 2.45) is 5.92 Å². The molecule has 10 heteroatoms. The molecule has 2 fully saturated rings. The van der Waals surface area contributed by atoms with Gasteiger partial charge in [0.15, 0.2) is 0 Å². The molecule has 0 spiro atoms. The fourth-order valence-corrected chi connectivity index (χ4v) is 4.68. The Hall–Kier alpha value is -1.58. The van der Waals surface area contributed by atoms with E-state index in [0.29, 0.717) is 38.7 Å². The summed E-state index contributed by atoms with van der Waals surface area (Å²) < 4.78 is 58.4. The second-order valence-electron chi connectivity index (χ2n) is 9.12. The summed E-state index contributed by atoms with van der Waals surface area (Å²) in [6.07, 6.45) is 1.61. The molecule has 5 nitrogen and oxygen atoms in total. The van der Waals surface area contributed by atoms with Gasteiger partial charge < -0.3 is 15.0 Å². The lowest BCUT2D eigenvalue weighted by atomic mass is 9.84. The van der Waals surface area contributed by atoms with Gasteiger partial charge in [0.2, 0.25) is 5.91 Å². The van der Waals surface area contributed by atoms with E-state index < -0.39 is 17.6 Å². The van der Waals surface area contributed by atoms with E-state index in [9.17, 15) is 22.4 Å². The molecule has 2 aliphatic rings. The van der Waals surface area contributed by atoms with E-state index in [0.717, 1.165) is 63.3 Å². The Bertz CT molecular complexity index is 765. The summed E-state index contributed by atoms with van der Waals surface area (Å²) in [5.74, 6) is -0.0346. The molecule has 1 aliphatic heterocycles. The third kappa shape index (κ3) is 8.57. The molecule has 0 unspecified atom stereocenters. The second kappa shape index (κ2) is 13.5. The van der Waals surface area contributed by atoms with Gasteiger partial charge in [-0.2, -0.15) is 13.2 Å². The minimum atomic E-state index is -4.48. The van der Waals surface area contributed by atoms with Crippen LogP contribution in [0.2, 0.25) is 0 Å². The van der Waals surface area contributed by atoms with Crippen LogP contribution in [-0.4, -0.2) is 62.8 Å². The molecule has 1 aliphatic carbocycles. The van der Waals surface area contributed by atoms with Crippen molar-refractivity contribution in [3.8, 4) is 0 Å². The Morgan fingerprint density at radius 1 is 1.12 bits per heavy atom. The van der Waals surface area contributed by atoms with Crippen LogP contribution in [0, 0.1) is 11.7 Å². The van der Waals surface area contributed by atoms with E-state index in [1.807, 2.05) is 6.92 Å². The van der Waals surface area contributed by atoms with Crippen molar-refractivity contribution >= 4 is 24.0 Å². The van der Waals surface area contributed by atoms with Crippen LogP contribution in [0.3, 0.4) is 0 Å². The number of rotatable bonds is 9. The average molecular weight is 510 g/mol. The highest BCUT2D eigenvalue weighted by Crippen LogP contribution is 2.33. The van der Waals surface area contributed by atoms with Crippen molar-refractivity contribution < 1.29 is 27.1 Å². The zero-order valence-electron chi connectivity index (χ0n) is 19.7. The zero-order chi connectivity index (χ0) is 23.8. The fourth-order valence-electron chi connectivity index (χ4n) is 4.68. The van der Waals surface area contributed by atoms with E-state index in [2.05, 4.69) is 10.2 Å². The monoisotopic (exact) mass is 509 g/mol. The molecule has 3 rings (SSSR count). The van der Waals surface area contributed by atoms with Crippen LogP contribution in [0.25, 0.3) is 0 Å². The molecular weight excluding hydrogens is 474 g/mol. The lowest BCUT2D eigenvalue weighted by Crippen LogP contribution is -2.47. The Morgan fingerprint density at radius 3 is 2.41 bits per heavy atom. The van der Waals surface area contributed by atoms with E-state index >= 15 is 0 Å². The maximum Gasteiger partial charge on any atom is 0.416 e. The van der Waals surface area contributed by atoms with Gasteiger partial charge >= 0.3 is 6.18 Å². The van der Waals surface area contributed by atoms with Crippen LogP contribution < -0.4 is 10.2 Å². The van der Waals surface area contributed by atoms with Gasteiger partial charge in [-0.05, 0) is 69.2 Å². The van der Waals surface area contributed by atoms with Crippen LogP contribution in [0.1, 0.15) is 51.0 Å². The van der Waals surface area contributed by atoms with Crippen LogP contribution in [0.5, 0.6) is 0 Å². The normalized spacial score (nSPS) is 21.7. The first-order chi connectivity index (χ1) is 15.8. The lowest BCUT2D eigenvalue weighted by Gasteiger charge is -2.37. The maximum atomic E-state index is 14.2. The average Bonchev–Trinajstić information content (AvgIpc) is 2.79. The number of nitrogens with one attached hydrogen (secondary N) is 1. The van der Waals surface area contributed by atoms with Crippen molar-refractivity contribution in [2.45, 2.75) is 57.7 Å². The van der Waals surface area contributed by atoms with E-state index in [1.165, 1.54) is 0 Å². The summed E-state index contributed by atoms with van der Waals surface area (Å²) >= 11 is 0.